The first-order chi connectivity index (χ1) is 12.8. The molecule has 4 aliphatic rings. The Morgan fingerprint density at radius 1 is 1.08 bits per heavy atom. The smallest absolute Gasteiger partial charge is 0.239 e. The van der Waals surface area contributed by atoms with E-state index >= 15 is 0 Å². The van der Waals surface area contributed by atoms with E-state index in [1.807, 2.05) is 0 Å². The van der Waals surface area contributed by atoms with Gasteiger partial charge in [0.25, 0.3) is 0 Å². The van der Waals surface area contributed by atoms with Crippen LogP contribution in [0.5, 0.6) is 0 Å². The summed E-state index contributed by atoms with van der Waals surface area (Å²) in [6, 6.07) is -0.0313. The highest BCUT2D eigenvalue weighted by Crippen LogP contribution is 2.24. The lowest BCUT2D eigenvalue weighted by molar-refractivity contribution is -0.125. The summed E-state index contributed by atoms with van der Waals surface area (Å²) in [5, 5.41) is 5.52. The fraction of sp³-hybridized carbons (Fsp3) is 0.947. The van der Waals surface area contributed by atoms with Crippen molar-refractivity contribution in [3.8, 4) is 0 Å². The van der Waals surface area contributed by atoms with Gasteiger partial charge in [-0.3, -0.25) is 20.0 Å². The van der Waals surface area contributed by atoms with E-state index < -0.39 is 0 Å². The Kier molecular flexibility index (Phi) is 6.43. The zero-order valence-corrected chi connectivity index (χ0v) is 15.9. The number of likely N-dealkylation sites (tertiary alicyclic amines) is 1. The number of nitrogens with one attached hydrogen (secondary N) is 3. The molecule has 0 bridgehead atoms. The average Bonchev–Trinajstić information content (AvgIpc) is 3.33. The van der Waals surface area contributed by atoms with E-state index in [1.54, 1.807) is 0 Å². The topological polar surface area (TPSA) is 68.9 Å². The standard InChI is InChI=1S/C19H35N5O2/c25-19(17-11-18(26-22-17)23-9-5-2-6-10-23)21-16-12-20-24(14-16)13-15-7-3-1-4-8-15/h15-18,20,22H,1-14H2,(H,21,25). The van der Waals surface area contributed by atoms with Crippen molar-refractivity contribution < 1.29 is 9.63 Å². The van der Waals surface area contributed by atoms with Gasteiger partial charge >= 0.3 is 0 Å². The molecule has 0 spiro atoms. The van der Waals surface area contributed by atoms with Gasteiger partial charge in [-0.05, 0) is 31.6 Å². The number of nitrogens with zero attached hydrogens (tertiary/aromatic N) is 2. The Morgan fingerprint density at radius 3 is 2.65 bits per heavy atom. The predicted octanol–water partition coefficient (Wildman–Crippen LogP) is 0.977. The Morgan fingerprint density at radius 2 is 1.85 bits per heavy atom. The first-order valence-electron chi connectivity index (χ1n) is 10.7. The lowest BCUT2D eigenvalue weighted by atomic mass is 9.89. The summed E-state index contributed by atoms with van der Waals surface area (Å²) in [5.74, 6) is 0.900. The SMILES string of the molecule is O=C(NC1CNN(CC2CCCCC2)C1)C1CC(N2CCCCC2)ON1. The summed E-state index contributed by atoms with van der Waals surface area (Å²) >= 11 is 0. The molecular weight excluding hydrogens is 330 g/mol. The van der Waals surface area contributed by atoms with Crippen molar-refractivity contribution in [2.75, 3.05) is 32.7 Å². The molecule has 7 nitrogen and oxygen atoms in total. The van der Waals surface area contributed by atoms with Crippen molar-refractivity contribution in [1.82, 2.24) is 26.1 Å². The lowest BCUT2D eigenvalue weighted by Gasteiger charge is -2.30. The molecule has 3 N–H and O–H groups in total. The van der Waals surface area contributed by atoms with Gasteiger partial charge in [-0.25, -0.2) is 5.01 Å². The average molecular weight is 366 g/mol. The zero-order valence-electron chi connectivity index (χ0n) is 15.9. The van der Waals surface area contributed by atoms with Crippen LogP contribution < -0.4 is 16.2 Å². The number of hydrogen-bond donors (Lipinski definition) is 3. The highest BCUT2D eigenvalue weighted by molar-refractivity contribution is 5.82. The minimum absolute atomic E-state index is 0.0514. The molecule has 0 aromatic carbocycles. The molecule has 7 heteroatoms. The number of rotatable bonds is 5. The van der Waals surface area contributed by atoms with Crippen molar-refractivity contribution in [2.45, 2.75) is 76.1 Å². The number of hydrogen-bond acceptors (Lipinski definition) is 6. The van der Waals surface area contributed by atoms with Crippen molar-refractivity contribution in [3.63, 3.8) is 0 Å². The predicted molar refractivity (Wildman–Crippen MR) is 99.9 cm³/mol. The molecule has 4 rings (SSSR count). The van der Waals surface area contributed by atoms with E-state index in [2.05, 4.69) is 26.1 Å². The van der Waals surface area contributed by atoms with Gasteiger partial charge in [-0.1, -0.05) is 25.7 Å². The van der Waals surface area contributed by atoms with E-state index in [0.717, 1.165) is 45.1 Å². The van der Waals surface area contributed by atoms with E-state index in [4.69, 9.17) is 4.84 Å². The molecule has 148 valence electrons. The summed E-state index contributed by atoms with van der Waals surface area (Å²) in [6.45, 7) is 5.04. The van der Waals surface area contributed by atoms with Crippen molar-refractivity contribution >= 4 is 5.91 Å². The van der Waals surface area contributed by atoms with Gasteiger partial charge < -0.3 is 5.32 Å². The fourth-order valence-corrected chi connectivity index (χ4v) is 4.90. The molecule has 3 atom stereocenters. The number of carbonyl (C=O) groups is 1. The minimum Gasteiger partial charge on any atom is -0.349 e. The largest absolute Gasteiger partial charge is 0.349 e. The van der Waals surface area contributed by atoms with Gasteiger partial charge in [-0.15, -0.1) is 0 Å². The molecule has 0 radical (unpaired) electrons. The third kappa shape index (κ3) is 4.75. The Hall–Kier alpha value is -0.730. The van der Waals surface area contributed by atoms with Crippen LogP contribution in [0, 0.1) is 5.92 Å². The van der Waals surface area contributed by atoms with Gasteiger partial charge in [0.2, 0.25) is 5.91 Å². The normalized spacial score (nSPS) is 35.0. The van der Waals surface area contributed by atoms with E-state index in [9.17, 15) is 4.79 Å². The maximum absolute atomic E-state index is 12.6. The lowest BCUT2D eigenvalue weighted by Crippen LogP contribution is -2.47. The van der Waals surface area contributed by atoms with Crippen LogP contribution in [0.25, 0.3) is 0 Å². The number of carbonyl (C=O) groups excluding carboxylic acids is 1. The van der Waals surface area contributed by atoms with Gasteiger partial charge in [0.1, 0.15) is 12.3 Å². The Labute approximate surface area is 157 Å². The second-order valence-corrected chi connectivity index (χ2v) is 8.55. The maximum Gasteiger partial charge on any atom is 0.239 e. The second kappa shape index (κ2) is 8.97. The number of piperidine rings is 1. The third-order valence-electron chi connectivity index (χ3n) is 6.45. The van der Waals surface area contributed by atoms with E-state index in [1.165, 1.54) is 51.4 Å². The molecule has 4 fully saturated rings. The van der Waals surface area contributed by atoms with Crippen LogP contribution in [-0.4, -0.2) is 66.9 Å². The highest BCUT2D eigenvalue weighted by atomic mass is 16.7. The minimum atomic E-state index is -0.227. The highest BCUT2D eigenvalue weighted by Gasteiger charge is 2.36. The third-order valence-corrected chi connectivity index (χ3v) is 6.45. The van der Waals surface area contributed by atoms with Gasteiger partial charge in [0, 0.05) is 39.1 Å². The maximum atomic E-state index is 12.6. The molecule has 3 aliphatic heterocycles. The van der Waals surface area contributed by atoms with Crippen LogP contribution in [0.2, 0.25) is 0 Å². The first-order valence-corrected chi connectivity index (χ1v) is 10.7. The van der Waals surface area contributed by atoms with Gasteiger partial charge in [-0.2, -0.15) is 5.48 Å². The molecule has 1 amide bonds. The number of hydrazine groups is 1. The Bertz CT molecular complexity index is 465. The van der Waals surface area contributed by atoms with Crippen LogP contribution in [0.15, 0.2) is 0 Å². The van der Waals surface area contributed by atoms with Crippen LogP contribution in [0.4, 0.5) is 0 Å². The Balaban J connectivity index is 1.18. The fourth-order valence-electron chi connectivity index (χ4n) is 4.90. The monoisotopic (exact) mass is 365 g/mol. The quantitative estimate of drug-likeness (QED) is 0.675. The summed E-state index contributed by atoms with van der Waals surface area (Å²) in [7, 11) is 0. The van der Waals surface area contributed by atoms with Gasteiger partial charge in [0.15, 0.2) is 0 Å². The molecule has 3 heterocycles. The molecule has 0 aromatic heterocycles. The summed E-state index contributed by atoms with van der Waals surface area (Å²) < 4.78 is 0. The molecular formula is C19H35N5O2. The van der Waals surface area contributed by atoms with E-state index in [-0.39, 0.29) is 24.2 Å². The summed E-state index contributed by atoms with van der Waals surface area (Å²) in [5.41, 5.74) is 6.44. The molecule has 3 saturated heterocycles. The van der Waals surface area contributed by atoms with Crippen molar-refractivity contribution in [1.29, 1.82) is 0 Å². The summed E-state index contributed by atoms with van der Waals surface area (Å²) in [6.07, 6.45) is 11.5. The van der Waals surface area contributed by atoms with E-state index in [0.29, 0.717) is 0 Å². The molecule has 3 unspecified atom stereocenters. The molecule has 1 aliphatic carbocycles. The number of hydroxylamine groups is 1. The molecule has 0 aromatic rings. The van der Waals surface area contributed by atoms with Crippen LogP contribution >= 0.6 is 0 Å². The molecule has 26 heavy (non-hydrogen) atoms. The van der Waals surface area contributed by atoms with Gasteiger partial charge in [0.05, 0.1) is 6.04 Å². The van der Waals surface area contributed by atoms with Crippen LogP contribution in [0.1, 0.15) is 57.8 Å². The summed E-state index contributed by atoms with van der Waals surface area (Å²) in [4.78, 5) is 20.7. The van der Waals surface area contributed by atoms with Crippen LogP contribution in [-0.2, 0) is 9.63 Å². The second-order valence-electron chi connectivity index (χ2n) is 8.55. The number of amides is 1. The first kappa shape index (κ1) is 18.6. The zero-order chi connectivity index (χ0) is 17.8. The van der Waals surface area contributed by atoms with Crippen LogP contribution in [0.3, 0.4) is 0 Å². The molecule has 1 saturated carbocycles. The van der Waals surface area contributed by atoms with Crippen molar-refractivity contribution in [2.24, 2.45) is 5.92 Å². The van der Waals surface area contributed by atoms with Crippen molar-refractivity contribution in [3.05, 3.63) is 0 Å².